The van der Waals surface area contributed by atoms with Gasteiger partial charge in [-0.15, -0.1) is 0 Å². The third-order valence-electron chi connectivity index (χ3n) is 4.10. The first-order valence-corrected chi connectivity index (χ1v) is 8.27. The van der Waals surface area contributed by atoms with Gasteiger partial charge in [0.05, 0.1) is 0 Å². The fraction of sp³-hybridized carbons (Fsp3) is 0.500. The molecule has 1 fully saturated rings. The largest absolute Gasteiger partial charge is 0.454 e. The Balaban J connectivity index is 1.80. The van der Waals surface area contributed by atoms with Crippen LogP contribution in [0.25, 0.3) is 0 Å². The standard InChI is InChI=1S/C18H24N2O4/c1-13-7-6-8-14(2)18(13)19-15(21)12-24-17(23)11-20-10-5-3-4-9-16(20)22/h6-8H,3-5,9-12H2,1-2H3,(H,19,21). The predicted molar refractivity (Wildman–Crippen MR) is 90.6 cm³/mol. The Morgan fingerprint density at radius 3 is 2.58 bits per heavy atom. The molecule has 1 aliphatic rings. The van der Waals surface area contributed by atoms with Gasteiger partial charge in [-0.2, -0.15) is 0 Å². The molecule has 6 heteroatoms. The number of hydrogen-bond donors (Lipinski definition) is 1. The topological polar surface area (TPSA) is 75.7 Å². The summed E-state index contributed by atoms with van der Waals surface area (Å²) in [6, 6.07) is 5.72. The van der Waals surface area contributed by atoms with Crippen LogP contribution in [0.1, 0.15) is 36.8 Å². The second-order valence-corrected chi connectivity index (χ2v) is 6.10. The number of amides is 2. The van der Waals surface area contributed by atoms with E-state index in [0.29, 0.717) is 13.0 Å². The number of esters is 1. The molecule has 0 bridgehead atoms. The molecule has 1 N–H and O–H groups in total. The van der Waals surface area contributed by atoms with Crippen LogP contribution in [0.3, 0.4) is 0 Å². The molecule has 2 rings (SSSR count). The number of ether oxygens (including phenoxy) is 1. The third kappa shape index (κ3) is 5.08. The fourth-order valence-corrected chi connectivity index (χ4v) is 2.74. The van der Waals surface area contributed by atoms with Gasteiger partial charge in [-0.1, -0.05) is 24.6 Å². The lowest BCUT2D eigenvalue weighted by Crippen LogP contribution is -2.36. The summed E-state index contributed by atoms with van der Waals surface area (Å²) in [6.45, 7) is 3.94. The van der Waals surface area contributed by atoms with Crippen LogP contribution in [-0.2, 0) is 19.1 Å². The average Bonchev–Trinajstić information content (AvgIpc) is 2.74. The number of anilines is 1. The van der Waals surface area contributed by atoms with Gasteiger partial charge in [0.15, 0.2) is 6.61 Å². The zero-order valence-electron chi connectivity index (χ0n) is 14.3. The Hall–Kier alpha value is -2.37. The van der Waals surface area contributed by atoms with Crippen LogP contribution in [0, 0.1) is 13.8 Å². The molecule has 0 aromatic heterocycles. The molecule has 1 heterocycles. The average molecular weight is 332 g/mol. The number of carbonyl (C=O) groups is 3. The molecule has 1 aromatic carbocycles. The first kappa shape index (κ1) is 18.0. The van der Waals surface area contributed by atoms with E-state index < -0.39 is 5.97 Å². The maximum Gasteiger partial charge on any atom is 0.326 e. The molecular weight excluding hydrogens is 308 g/mol. The van der Waals surface area contributed by atoms with Crippen molar-refractivity contribution in [3.8, 4) is 0 Å². The molecule has 0 saturated carbocycles. The van der Waals surface area contributed by atoms with Gasteiger partial charge in [-0.25, -0.2) is 0 Å². The zero-order valence-corrected chi connectivity index (χ0v) is 14.3. The van der Waals surface area contributed by atoms with E-state index in [1.807, 2.05) is 32.0 Å². The Kier molecular flexibility index (Phi) is 6.35. The highest BCUT2D eigenvalue weighted by Crippen LogP contribution is 2.19. The van der Waals surface area contributed by atoms with Crippen molar-refractivity contribution < 1.29 is 19.1 Å². The monoisotopic (exact) mass is 332 g/mol. The molecule has 1 aliphatic heterocycles. The minimum atomic E-state index is -0.554. The van der Waals surface area contributed by atoms with E-state index in [-0.39, 0.29) is 25.0 Å². The number of carbonyl (C=O) groups excluding carboxylic acids is 3. The Bertz CT molecular complexity index is 607. The number of rotatable bonds is 5. The van der Waals surface area contributed by atoms with E-state index in [0.717, 1.165) is 36.1 Å². The molecule has 0 unspecified atom stereocenters. The van der Waals surface area contributed by atoms with Crippen molar-refractivity contribution in [1.82, 2.24) is 4.90 Å². The molecule has 0 radical (unpaired) electrons. The van der Waals surface area contributed by atoms with Crippen LogP contribution in [0.4, 0.5) is 5.69 Å². The highest BCUT2D eigenvalue weighted by atomic mass is 16.5. The van der Waals surface area contributed by atoms with E-state index in [1.165, 1.54) is 4.90 Å². The van der Waals surface area contributed by atoms with Crippen molar-refractivity contribution in [3.63, 3.8) is 0 Å². The molecule has 6 nitrogen and oxygen atoms in total. The van der Waals surface area contributed by atoms with Crippen molar-refractivity contribution in [3.05, 3.63) is 29.3 Å². The molecule has 2 amide bonds. The smallest absolute Gasteiger partial charge is 0.326 e. The lowest BCUT2D eigenvalue weighted by Gasteiger charge is -2.19. The van der Waals surface area contributed by atoms with Gasteiger partial charge >= 0.3 is 5.97 Å². The van der Waals surface area contributed by atoms with Crippen LogP contribution < -0.4 is 5.32 Å². The van der Waals surface area contributed by atoms with Gasteiger partial charge in [0, 0.05) is 18.7 Å². The van der Waals surface area contributed by atoms with E-state index in [1.54, 1.807) is 0 Å². The Labute approximate surface area is 142 Å². The first-order chi connectivity index (χ1) is 11.5. The number of para-hydroxylation sites is 1. The highest BCUT2D eigenvalue weighted by molar-refractivity contribution is 5.94. The molecule has 0 spiro atoms. The molecule has 24 heavy (non-hydrogen) atoms. The summed E-state index contributed by atoms with van der Waals surface area (Å²) in [5, 5.41) is 2.76. The SMILES string of the molecule is Cc1cccc(C)c1NC(=O)COC(=O)CN1CCCCCC1=O. The van der Waals surface area contributed by atoms with Crippen LogP contribution >= 0.6 is 0 Å². The second kappa shape index (κ2) is 8.47. The summed E-state index contributed by atoms with van der Waals surface area (Å²) in [4.78, 5) is 37.2. The van der Waals surface area contributed by atoms with Gasteiger partial charge in [-0.05, 0) is 37.8 Å². The summed E-state index contributed by atoms with van der Waals surface area (Å²) < 4.78 is 5.00. The minimum Gasteiger partial charge on any atom is -0.454 e. The Morgan fingerprint density at radius 1 is 1.17 bits per heavy atom. The van der Waals surface area contributed by atoms with Crippen molar-refractivity contribution in [2.45, 2.75) is 39.5 Å². The minimum absolute atomic E-state index is 0.0237. The molecule has 130 valence electrons. The summed E-state index contributed by atoms with van der Waals surface area (Å²) >= 11 is 0. The van der Waals surface area contributed by atoms with E-state index >= 15 is 0 Å². The number of nitrogens with zero attached hydrogens (tertiary/aromatic N) is 1. The molecule has 1 saturated heterocycles. The van der Waals surface area contributed by atoms with Gasteiger partial charge in [0.1, 0.15) is 6.54 Å². The van der Waals surface area contributed by atoms with Crippen molar-refractivity contribution >= 4 is 23.5 Å². The van der Waals surface area contributed by atoms with Crippen LogP contribution in [0.2, 0.25) is 0 Å². The van der Waals surface area contributed by atoms with E-state index in [4.69, 9.17) is 4.74 Å². The lowest BCUT2D eigenvalue weighted by molar-refractivity contribution is -0.151. The molecular formula is C18H24N2O4. The first-order valence-electron chi connectivity index (χ1n) is 8.27. The van der Waals surface area contributed by atoms with Gasteiger partial charge in [0.25, 0.3) is 5.91 Å². The number of aryl methyl sites for hydroxylation is 2. The molecule has 0 atom stereocenters. The summed E-state index contributed by atoms with van der Waals surface area (Å²) in [5.74, 6) is -0.964. The predicted octanol–water partition coefficient (Wildman–Crippen LogP) is 2.19. The number of hydrogen-bond acceptors (Lipinski definition) is 4. The van der Waals surface area contributed by atoms with Crippen molar-refractivity contribution in [1.29, 1.82) is 0 Å². The van der Waals surface area contributed by atoms with Crippen LogP contribution in [0.15, 0.2) is 18.2 Å². The number of likely N-dealkylation sites (tertiary alicyclic amines) is 1. The summed E-state index contributed by atoms with van der Waals surface area (Å²) in [7, 11) is 0. The maximum absolute atomic E-state index is 12.0. The van der Waals surface area contributed by atoms with Crippen LogP contribution in [0.5, 0.6) is 0 Å². The van der Waals surface area contributed by atoms with E-state index in [2.05, 4.69) is 5.32 Å². The van der Waals surface area contributed by atoms with E-state index in [9.17, 15) is 14.4 Å². The number of benzene rings is 1. The lowest BCUT2D eigenvalue weighted by atomic mass is 10.1. The highest BCUT2D eigenvalue weighted by Gasteiger charge is 2.20. The maximum atomic E-state index is 12.0. The quantitative estimate of drug-likeness (QED) is 0.839. The third-order valence-corrected chi connectivity index (χ3v) is 4.10. The number of nitrogens with one attached hydrogen (secondary N) is 1. The van der Waals surface area contributed by atoms with Crippen molar-refractivity contribution in [2.75, 3.05) is 25.0 Å². The summed E-state index contributed by atoms with van der Waals surface area (Å²) in [6.07, 6.45) is 3.23. The van der Waals surface area contributed by atoms with Gasteiger partial charge in [0.2, 0.25) is 5.91 Å². The van der Waals surface area contributed by atoms with Gasteiger partial charge in [-0.3, -0.25) is 14.4 Å². The summed E-state index contributed by atoms with van der Waals surface area (Å²) in [5.41, 5.74) is 2.64. The van der Waals surface area contributed by atoms with Crippen LogP contribution in [-0.4, -0.2) is 42.4 Å². The zero-order chi connectivity index (χ0) is 17.5. The fourth-order valence-electron chi connectivity index (χ4n) is 2.74. The molecule has 0 aliphatic carbocycles. The van der Waals surface area contributed by atoms with Gasteiger partial charge < -0.3 is 15.0 Å². The second-order valence-electron chi connectivity index (χ2n) is 6.10. The molecule has 1 aromatic rings. The van der Waals surface area contributed by atoms with Crippen molar-refractivity contribution in [2.24, 2.45) is 0 Å². The normalized spacial score (nSPS) is 14.9. The Morgan fingerprint density at radius 2 is 1.88 bits per heavy atom.